The van der Waals surface area contributed by atoms with E-state index < -0.39 is 0 Å². The number of fused-ring (bicyclic) bond motifs is 3. The Morgan fingerprint density at radius 3 is 2.75 bits per heavy atom. The lowest BCUT2D eigenvalue weighted by Gasteiger charge is -2.31. The number of carbonyl (C=O) groups excluding carboxylic acids is 2. The number of ether oxygens (including phenoxy) is 1. The number of aromatic amines is 1. The van der Waals surface area contributed by atoms with Crippen molar-refractivity contribution >= 4 is 33.8 Å². The molecule has 3 aromatic rings. The molecule has 2 aromatic heterocycles. The summed E-state index contributed by atoms with van der Waals surface area (Å²) in [7, 11) is 0. The zero-order chi connectivity index (χ0) is 19.7. The van der Waals surface area contributed by atoms with Crippen LogP contribution in [0.25, 0.3) is 21.9 Å². The molecule has 0 saturated carbocycles. The number of nitrogens with zero attached hydrogens (tertiary/aromatic N) is 3. The van der Waals surface area contributed by atoms with E-state index in [4.69, 9.17) is 4.74 Å². The van der Waals surface area contributed by atoms with Gasteiger partial charge in [-0.3, -0.25) is 19.0 Å². The Hall–Kier alpha value is -3.16. The summed E-state index contributed by atoms with van der Waals surface area (Å²) in [5, 5.41) is 0.883. The van der Waals surface area contributed by atoms with Crippen LogP contribution < -0.4 is 5.56 Å². The third kappa shape index (κ3) is 3.26. The Balaban J connectivity index is 1.49. The van der Waals surface area contributed by atoms with Crippen molar-refractivity contribution in [2.75, 3.05) is 19.7 Å². The van der Waals surface area contributed by atoms with Gasteiger partial charge in [-0.15, -0.1) is 0 Å². The van der Waals surface area contributed by atoms with E-state index in [0.29, 0.717) is 43.6 Å². The molecule has 0 bridgehead atoms. The first-order valence-electron chi connectivity index (χ1n) is 9.48. The normalized spacial score (nSPS) is 15.2. The summed E-state index contributed by atoms with van der Waals surface area (Å²) in [4.78, 5) is 46.4. The Bertz CT molecular complexity index is 1090. The number of carbonyl (C=O) groups is 2. The summed E-state index contributed by atoms with van der Waals surface area (Å²) >= 11 is 0. The van der Waals surface area contributed by atoms with Gasteiger partial charge in [-0.25, -0.2) is 4.98 Å². The average Bonchev–Trinajstić information content (AvgIpc) is 3.10. The maximum atomic E-state index is 12.8. The van der Waals surface area contributed by atoms with Crippen LogP contribution in [0.15, 0.2) is 35.4 Å². The Morgan fingerprint density at radius 1 is 1.25 bits per heavy atom. The fraction of sp³-hybridized carbons (Fsp3) is 0.400. The molecule has 1 aromatic carbocycles. The molecular formula is C20H22N4O4. The van der Waals surface area contributed by atoms with Crippen LogP contribution >= 0.6 is 0 Å². The summed E-state index contributed by atoms with van der Waals surface area (Å²) in [6.45, 7) is 3.05. The van der Waals surface area contributed by atoms with E-state index in [9.17, 15) is 14.4 Å². The van der Waals surface area contributed by atoms with Gasteiger partial charge in [0.05, 0.1) is 18.9 Å². The molecule has 1 aliphatic rings. The van der Waals surface area contributed by atoms with Crippen molar-refractivity contribution in [3.63, 3.8) is 0 Å². The number of hydrogen-bond acceptors (Lipinski definition) is 5. The molecule has 146 valence electrons. The summed E-state index contributed by atoms with van der Waals surface area (Å²) in [5.74, 6) is -0.503. The zero-order valence-corrected chi connectivity index (χ0v) is 15.7. The van der Waals surface area contributed by atoms with Crippen molar-refractivity contribution in [1.82, 2.24) is 19.4 Å². The monoisotopic (exact) mass is 382 g/mol. The first kappa shape index (κ1) is 18.2. The predicted octanol–water partition coefficient (Wildman–Crippen LogP) is 1.68. The van der Waals surface area contributed by atoms with Gasteiger partial charge in [-0.05, 0) is 25.8 Å². The number of likely N-dealkylation sites (tertiary alicyclic amines) is 1. The van der Waals surface area contributed by atoms with Crippen LogP contribution in [0.3, 0.4) is 0 Å². The molecule has 4 rings (SSSR count). The maximum absolute atomic E-state index is 12.8. The smallest absolute Gasteiger partial charge is 0.309 e. The Morgan fingerprint density at radius 2 is 2.00 bits per heavy atom. The van der Waals surface area contributed by atoms with E-state index >= 15 is 0 Å². The fourth-order valence-corrected chi connectivity index (χ4v) is 3.72. The van der Waals surface area contributed by atoms with Gasteiger partial charge >= 0.3 is 5.97 Å². The molecule has 1 aliphatic heterocycles. The van der Waals surface area contributed by atoms with Gasteiger partial charge in [0.2, 0.25) is 5.91 Å². The van der Waals surface area contributed by atoms with Crippen LogP contribution in [-0.2, 0) is 20.9 Å². The van der Waals surface area contributed by atoms with Gasteiger partial charge in [-0.2, -0.15) is 0 Å². The number of benzene rings is 1. The molecule has 1 amide bonds. The van der Waals surface area contributed by atoms with Gasteiger partial charge in [0.15, 0.2) is 0 Å². The Labute approximate surface area is 161 Å². The first-order valence-corrected chi connectivity index (χ1v) is 9.48. The third-order valence-electron chi connectivity index (χ3n) is 5.25. The van der Waals surface area contributed by atoms with Crippen molar-refractivity contribution in [2.45, 2.75) is 26.3 Å². The minimum Gasteiger partial charge on any atom is -0.466 e. The van der Waals surface area contributed by atoms with E-state index in [1.54, 1.807) is 11.8 Å². The van der Waals surface area contributed by atoms with Crippen LogP contribution in [0.1, 0.15) is 19.8 Å². The first-order chi connectivity index (χ1) is 13.6. The van der Waals surface area contributed by atoms with Crippen molar-refractivity contribution in [3.8, 4) is 0 Å². The molecule has 0 aliphatic carbocycles. The van der Waals surface area contributed by atoms with E-state index in [1.807, 2.05) is 24.3 Å². The quantitative estimate of drug-likeness (QED) is 0.693. The number of nitrogens with one attached hydrogen (secondary N) is 1. The van der Waals surface area contributed by atoms with E-state index in [0.717, 1.165) is 10.9 Å². The van der Waals surface area contributed by atoms with Gasteiger partial charge in [0.1, 0.15) is 17.6 Å². The molecule has 1 fully saturated rings. The predicted molar refractivity (Wildman–Crippen MR) is 104 cm³/mol. The minimum absolute atomic E-state index is 0.0682. The highest BCUT2D eigenvalue weighted by atomic mass is 16.5. The number of aromatic nitrogens is 3. The third-order valence-corrected chi connectivity index (χ3v) is 5.25. The number of hydrogen-bond donors (Lipinski definition) is 1. The van der Waals surface area contributed by atoms with Crippen LogP contribution in [0.4, 0.5) is 0 Å². The van der Waals surface area contributed by atoms with Crippen LogP contribution in [0, 0.1) is 5.92 Å². The summed E-state index contributed by atoms with van der Waals surface area (Å²) in [6, 6.07) is 7.58. The molecule has 28 heavy (non-hydrogen) atoms. The highest BCUT2D eigenvalue weighted by molar-refractivity contribution is 6.04. The SMILES string of the molecule is CCOC(=O)C1CCN(C(=O)Cn2cnc3c([nH]c4ccccc43)c2=O)CC1. The molecule has 3 heterocycles. The standard InChI is InChI=1S/C20H22N4O4/c1-2-28-20(27)13-7-9-23(10-8-13)16(25)11-24-12-21-17-14-5-3-4-6-15(14)22-18(17)19(24)26/h3-6,12-13,22H,2,7-11H2,1H3. The highest BCUT2D eigenvalue weighted by Gasteiger charge is 2.28. The zero-order valence-electron chi connectivity index (χ0n) is 15.7. The summed E-state index contributed by atoms with van der Waals surface area (Å²) in [6.07, 6.45) is 2.59. The largest absolute Gasteiger partial charge is 0.466 e. The maximum Gasteiger partial charge on any atom is 0.309 e. The lowest BCUT2D eigenvalue weighted by atomic mass is 9.97. The second-order valence-electron chi connectivity index (χ2n) is 6.98. The second kappa shape index (κ2) is 7.46. The average molecular weight is 382 g/mol. The molecular weight excluding hydrogens is 360 g/mol. The lowest BCUT2D eigenvalue weighted by molar-refractivity contribution is -0.151. The number of esters is 1. The number of rotatable bonds is 4. The van der Waals surface area contributed by atoms with Crippen molar-refractivity contribution < 1.29 is 14.3 Å². The molecule has 8 heteroatoms. The minimum atomic E-state index is -0.268. The lowest BCUT2D eigenvalue weighted by Crippen LogP contribution is -2.43. The number of piperidine rings is 1. The van der Waals surface area contributed by atoms with E-state index in [-0.39, 0.29) is 29.9 Å². The topological polar surface area (TPSA) is 97.3 Å². The molecule has 0 atom stereocenters. The fourth-order valence-electron chi connectivity index (χ4n) is 3.72. The summed E-state index contributed by atoms with van der Waals surface area (Å²) < 4.78 is 6.39. The highest BCUT2D eigenvalue weighted by Crippen LogP contribution is 2.21. The Kier molecular flexibility index (Phi) is 4.85. The number of amides is 1. The van der Waals surface area contributed by atoms with E-state index in [1.165, 1.54) is 10.9 Å². The summed E-state index contributed by atoms with van der Waals surface area (Å²) in [5.41, 5.74) is 1.58. The van der Waals surface area contributed by atoms with E-state index in [2.05, 4.69) is 9.97 Å². The molecule has 8 nitrogen and oxygen atoms in total. The van der Waals surface area contributed by atoms with Gasteiger partial charge in [0.25, 0.3) is 5.56 Å². The van der Waals surface area contributed by atoms with Gasteiger partial charge in [0, 0.05) is 24.0 Å². The molecule has 0 unspecified atom stereocenters. The number of para-hydroxylation sites is 1. The van der Waals surface area contributed by atoms with Gasteiger partial charge in [-0.1, -0.05) is 18.2 Å². The molecule has 1 N–H and O–H groups in total. The molecule has 1 saturated heterocycles. The van der Waals surface area contributed by atoms with Crippen molar-refractivity contribution in [1.29, 1.82) is 0 Å². The van der Waals surface area contributed by atoms with Crippen LogP contribution in [0.5, 0.6) is 0 Å². The van der Waals surface area contributed by atoms with Gasteiger partial charge < -0.3 is 14.6 Å². The van der Waals surface area contributed by atoms with Crippen molar-refractivity contribution in [3.05, 3.63) is 40.9 Å². The van der Waals surface area contributed by atoms with Crippen LogP contribution in [-0.4, -0.2) is 51.0 Å². The number of H-pyrrole nitrogens is 1. The van der Waals surface area contributed by atoms with Crippen LogP contribution in [0.2, 0.25) is 0 Å². The molecule has 0 spiro atoms. The van der Waals surface area contributed by atoms with Crippen molar-refractivity contribution in [2.24, 2.45) is 5.92 Å². The molecule has 0 radical (unpaired) electrons. The second-order valence-corrected chi connectivity index (χ2v) is 6.98.